The van der Waals surface area contributed by atoms with Gasteiger partial charge in [-0.25, -0.2) is 9.59 Å². The van der Waals surface area contributed by atoms with E-state index in [0.29, 0.717) is 26.4 Å². The molecule has 1 rings (SSSR count). The summed E-state index contributed by atoms with van der Waals surface area (Å²) >= 11 is 0. The fourth-order valence-corrected chi connectivity index (χ4v) is 1.87. The number of nitro benzene ring substituents is 1. The van der Waals surface area contributed by atoms with Gasteiger partial charge in [0.2, 0.25) is 0 Å². The van der Waals surface area contributed by atoms with Crippen molar-refractivity contribution in [3.05, 3.63) is 34.4 Å². The summed E-state index contributed by atoms with van der Waals surface area (Å²) in [6.07, 6.45) is -1.18. The van der Waals surface area contributed by atoms with E-state index in [4.69, 9.17) is 18.9 Å². The van der Waals surface area contributed by atoms with Crippen molar-refractivity contribution in [1.29, 1.82) is 0 Å². The Balaban J connectivity index is 1.98. The number of carbonyl (C=O) groups excluding carboxylic acids is 2. The molecule has 0 aromatic heterocycles. The molecule has 0 aliphatic carbocycles. The van der Waals surface area contributed by atoms with E-state index in [0.717, 1.165) is 0 Å². The Hall–Kier alpha value is -2.92. The molecule has 11 heteroatoms. The van der Waals surface area contributed by atoms with Gasteiger partial charge in [0, 0.05) is 25.2 Å². The number of alkyl carbamates (subject to hydrolysis) is 1. The lowest BCUT2D eigenvalue weighted by Gasteiger charge is -2.19. The summed E-state index contributed by atoms with van der Waals surface area (Å²) in [5, 5.41) is 15.6. The summed E-state index contributed by atoms with van der Waals surface area (Å²) in [5.74, 6) is 0.197. The SMILES string of the molecule is CC(C)(C)OC(=O)NCCOCCOCCNC(=O)Oc1ccc([N+](=O)[O-])cc1. The van der Waals surface area contributed by atoms with Crippen molar-refractivity contribution in [3.8, 4) is 5.75 Å². The van der Waals surface area contributed by atoms with Crippen LogP contribution in [0.2, 0.25) is 0 Å². The summed E-state index contributed by atoms with van der Waals surface area (Å²) in [6, 6.07) is 5.16. The highest BCUT2D eigenvalue weighted by Gasteiger charge is 2.15. The number of nitrogens with one attached hydrogen (secondary N) is 2. The standard InChI is InChI=1S/C18H27N3O8/c1-18(2,3)29-17(23)20-9-11-27-13-12-26-10-8-19-16(22)28-15-6-4-14(5-7-15)21(24)25/h4-7H,8-13H2,1-3H3,(H,19,22)(H,20,23). The van der Waals surface area contributed by atoms with Gasteiger partial charge in [0.1, 0.15) is 11.4 Å². The first-order chi connectivity index (χ1) is 13.7. The number of hydrogen-bond acceptors (Lipinski definition) is 8. The van der Waals surface area contributed by atoms with Crippen LogP contribution in [0.4, 0.5) is 15.3 Å². The Labute approximate surface area is 168 Å². The molecule has 0 spiro atoms. The van der Waals surface area contributed by atoms with E-state index < -0.39 is 22.7 Å². The lowest BCUT2D eigenvalue weighted by Crippen LogP contribution is -2.34. The molecule has 0 aliphatic rings. The molecule has 0 saturated carbocycles. The smallest absolute Gasteiger partial charge is 0.412 e. The number of nitro groups is 1. The number of carbonyl (C=O) groups is 2. The van der Waals surface area contributed by atoms with Gasteiger partial charge in [-0.1, -0.05) is 0 Å². The fraction of sp³-hybridized carbons (Fsp3) is 0.556. The fourth-order valence-electron chi connectivity index (χ4n) is 1.87. The second kappa shape index (κ2) is 12.5. The second-order valence-electron chi connectivity index (χ2n) is 6.72. The Morgan fingerprint density at radius 3 is 1.93 bits per heavy atom. The number of nitrogens with zero attached hydrogens (tertiary/aromatic N) is 1. The van der Waals surface area contributed by atoms with Gasteiger partial charge < -0.3 is 29.6 Å². The molecule has 0 saturated heterocycles. The first kappa shape index (κ1) is 24.1. The zero-order chi connectivity index (χ0) is 21.7. The Kier molecular flexibility index (Phi) is 10.4. The highest BCUT2D eigenvalue weighted by atomic mass is 16.6. The van der Waals surface area contributed by atoms with E-state index in [2.05, 4.69) is 10.6 Å². The molecular weight excluding hydrogens is 386 g/mol. The molecule has 0 aliphatic heterocycles. The molecule has 0 radical (unpaired) electrons. The molecule has 11 nitrogen and oxygen atoms in total. The van der Waals surface area contributed by atoms with Crippen molar-refractivity contribution >= 4 is 17.9 Å². The summed E-state index contributed by atoms with van der Waals surface area (Å²) in [7, 11) is 0. The van der Waals surface area contributed by atoms with Crippen molar-refractivity contribution in [1.82, 2.24) is 10.6 Å². The molecule has 0 heterocycles. The van der Waals surface area contributed by atoms with Crippen molar-refractivity contribution in [2.24, 2.45) is 0 Å². The molecule has 2 amide bonds. The van der Waals surface area contributed by atoms with E-state index in [-0.39, 0.29) is 24.6 Å². The van der Waals surface area contributed by atoms with Crippen LogP contribution in [0.3, 0.4) is 0 Å². The largest absolute Gasteiger partial charge is 0.444 e. The number of hydrogen-bond donors (Lipinski definition) is 2. The highest BCUT2D eigenvalue weighted by Crippen LogP contribution is 2.17. The topological polar surface area (TPSA) is 138 Å². The van der Waals surface area contributed by atoms with Crippen molar-refractivity contribution in [2.75, 3.05) is 39.5 Å². The molecule has 29 heavy (non-hydrogen) atoms. The number of rotatable bonds is 11. The average Bonchev–Trinajstić information content (AvgIpc) is 2.62. The molecule has 1 aromatic carbocycles. The maximum Gasteiger partial charge on any atom is 0.412 e. The van der Waals surface area contributed by atoms with Crippen molar-refractivity contribution in [2.45, 2.75) is 26.4 Å². The molecule has 0 atom stereocenters. The van der Waals surface area contributed by atoms with Gasteiger partial charge in [0.25, 0.3) is 5.69 Å². The van der Waals surface area contributed by atoms with Gasteiger partial charge in [-0.3, -0.25) is 10.1 Å². The first-order valence-electron chi connectivity index (χ1n) is 9.00. The molecule has 162 valence electrons. The summed E-state index contributed by atoms with van der Waals surface area (Å²) in [6.45, 7) is 7.14. The van der Waals surface area contributed by atoms with Crippen LogP contribution in [-0.4, -0.2) is 62.2 Å². The summed E-state index contributed by atoms with van der Waals surface area (Å²) in [5.41, 5.74) is -0.629. The number of ether oxygens (including phenoxy) is 4. The minimum absolute atomic E-state index is 0.0889. The normalized spacial score (nSPS) is 10.9. The molecule has 0 fully saturated rings. The number of benzene rings is 1. The Morgan fingerprint density at radius 1 is 0.931 bits per heavy atom. The van der Waals surface area contributed by atoms with Gasteiger partial charge in [-0.15, -0.1) is 0 Å². The third kappa shape index (κ3) is 12.2. The Morgan fingerprint density at radius 2 is 1.45 bits per heavy atom. The summed E-state index contributed by atoms with van der Waals surface area (Å²) < 4.78 is 20.6. The van der Waals surface area contributed by atoms with E-state index in [1.807, 2.05) is 0 Å². The van der Waals surface area contributed by atoms with E-state index in [1.54, 1.807) is 20.8 Å². The van der Waals surface area contributed by atoms with E-state index in [1.165, 1.54) is 24.3 Å². The van der Waals surface area contributed by atoms with Crippen LogP contribution in [0.25, 0.3) is 0 Å². The van der Waals surface area contributed by atoms with Crippen LogP contribution in [0.15, 0.2) is 24.3 Å². The van der Waals surface area contributed by atoms with Crippen molar-refractivity contribution in [3.63, 3.8) is 0 Å². The predicted octanol–water partition coefficient (Wildman–Crippen LogP) is 2.24. The molecule has 0 bridgehead atoms. The van der Waals surface area contributed by atoms with E-state index in [9.17, 15) is 19.7 Å². The molecule has 1 aromatic rings. The monoisotopic (exact) mass is 413 g/mol. The zero-order valence-corrected chi connectivity index (χ0v) is 16.8. The van der Waals surface area contributed by atoms with Crippen LogP contribution < -0.4 is 15.4 Å². The second-order valence-corrected chi connectivity index (χ2v) is 6.72. The van der Waals surface area contributed by atoms with Gasteiger partial charge >= 0.3 is 12.2 Å². The third-order valence-corrected chi connectivity index (χ3v) is 3.06. The summed E-state index contributed by atoms with van der Waals surface area (Å²) in [4.78, 5) is 33.0. The minimum Gasteiger partial charge on any atom is -0.444 e. The maximum atomic E-state index is 11.6. The van der Waals surface area contributed by atoms with Crippen LogP contribution in [0.1, 0.15) is 20.8 Å². The lowest BCUT2D eigenvalue weighted by molar-refractivity contribution is -0.384. The third-order valence-electron chi connectivity index (χ3n) is 3.06. The maximum absolute atomic E-state index is 11.6. The predicted molar refractivity (Wildman–Crippen MR) is 103 cm³/mol. The molecular formula is C18H27N3O8. The van der Waals surface area contributed by atoms with Gasteiger partial charge in [-0.05, 0) is 32.9 Å². The van der Waals surface area contributed by atoms with E-state index >= 15 is 0 Å². The number of non-ortho nitro benzene ring substituents is 1. The van der Waals surface area contributed by atoms with Gasteiger partial charge in [0.05, 0.1) is 31.4 Å². The zero-order valence-electron chi connectivity index (χ0n) is 16.8. The quantitative estimate of drug-likeness (QED) is 0.320. The van der Waals surface area contributed by atoms with Crippen molar-refractivity contribution < 1.29 is 33.5 Å². The first-order valence-corrected chi connectivity index (χ1v) is 9.00. The van der Waals surface area contributed by atoms with Gasteiger partial charge in [-0.2, -0.15) is 0 Å². The molecule has 2 N–H and O–H groups in total. The van der Waals surface area contributed by atoms with Crippen LogP contribution in [0, 0.1) is 10.1 Å². The van der Waals surface area contributed by atoms with Gasteiger partial charge in [0.15, 0.2) is 0 Å². The van der Waals surface area contributed by atoms with Crippen LogP contribution >= 0.6 is 0 Å². The molecule has 0 unspecified atom stereocenters. The lowest BCUT2D eigenvalue weighted by atomic mass is 10.2. The van der Waals surface area contributed by atoms with Crippen LogP contribution in [-0.2, 0) is 14.2 Å². The number of amides is 2. The van der Waals surface area contributed by atoms with Crippen LogP contribution in [0.5, 0.6) is 5.75 Å². The average molecular weight is 413 g/mol. The minimum atomic E-state index is -0.688. The highest BCUT2D eigenvalue weighted by molar-refractivity contribution is 5.70. The Bertz CT molecular complexity index is 658.